The van der Waals surface area contributed by atoms with Crippen molar-refractivity contribution in [2.45, 2.75) is 6.92 Å². The number of carbonyl (C=O) groups is 1. The topological polar surface area (TPSA) is 84.6 Å². The molecule has 1 aromatic carbocycles. The Bertz CT molecular complexity index is 489. The molecule has 0 spiro atoms. The van der Waals surface area contributed by atoms with Gasteiger partial charge in [-0.05, 0) is 19.1 Å². The van der Waals surface area contributed by atoms with Gasteiger partial charge in [0.25, 0.3) is 0 Å². The third-order valence-corrected chi connectivity index (χ3v) is 2.28. The Labute approximate surface area is 110 Å². The molecule has 104 valence electrons. The van der Waals surface area contributed by atoms with Crippen molar-refractivity contribution in [1.29, 1.82) is 0 Å². The molecule has 0 atom stereocenters. The van der Waals surface area contributed by atoms with E-state index in [0.717, 1.165) is 17.7 Å². The van der Waals surface area contributed by atoms with Gasteiger partial charge < -0.3 is 20.9 Å². The van der Waals surface area contributed by atoms with Crippen LogP contribution in [0.25, 0.3) is 0 Å². The summed E-state index contributed by atoms with van der Waals surface area (Å²) in [5.41, 5.74) is 6.64. The summed E-state index contributed by atoms with van der Waals surface area (Å²) in [6, 6.07) is 2.16. The lowest BCUT2D eigenvalue weighted by Crippen LogP contribution is -2.12. The first kappa shape index (κ1) is 15.0. The molecule has 0 aliphatic rings. The van der Waals surface area contributed by atoms with Crippen LogP contribution in [0.3, 0.4) is 0 Å². The van der Waals surface area contributed by atoms with Crippen LogP contribution in [0.4, 0.5) is 15.8 Å². The molecule has 0 amide bonds. The number of rotatable bonds is 7. The average molecular weight is 268 g/mol. The summed E-state index contributed by atoms with van der Waals surface area (Å²) < 4.78 is 18.7. The fourth-order valence-corrected chi connectivity index (χ4v) is 1.41. The molecule has 5 nitrogen and oxygen atoms in total. The highest BCUT2D eigenvalue weighted by atomic mass is 19.1. The monoisotopic (exact) mass is 268 g/mol. The van der Waals surface area contributed by atoms with Gasteiger partial charge in [-0.1, -0.05) is 12.2 Å². The van der Waals surface area contributed by atoms with Gasteiger partial charge in [0.05, 0.1) is 30.2 Å². The molecule has 6 heteroatoms. The highest BCUT2D eigenvalue weighted by molar-refractivity contribution is 5.90. The van der Waals surface area contributed by atoms with E-state index in [1.807, 2.05) is 6.92 Å². The van der Waals surface area contributed by atoms with E-state index in [2.05, 4.69) is 11.9 Å². The third-order valence-electron chi connectivity index (χ3n) is 2.28. The zero-order chi connectivity index (χ0) is 14.4. The van der Waals surface area contributed by atoms with Gasteiger partial charge in [-0.15, -0.1) is 0 Å². The van der Waals surface area contributed by atoms with Gasteiger partial charge in [0, 0.05) is 6.54 Å². The Kier molecular flexibility index (Phi) is 5.32. The summed E-state index contributed by atoms with van der Waals surface area (Å²) in [7, 11) is 0. The van der Waals surface area contributed by atoms with Gasteiger partial charge in [-0.3, -0.25) is 0 Å². The van der Waals surface area contributed by atoms with Crippen LogP contribution in [0.5, 0.6) is 0 Å². The van der Waals surface area contributed by atoms with Crippen LogP contribution in [0, 0.1) is 5.82 Å². The second-order valence-corrected chi connectivity index (χ2v) is 4.16. The van der Waals surface area contributed by atoms with E-state index < -0.39 is 17.3 Å². The first-order valence-electron chi connectivity index (χ1n) is 5.70. The second-order valence-electron chi connectivity index (χ2n) is 4.16. The normalized spacial score (nSPS) is 10.2. The smallest absolute Gasteiger partial charge is 0.338 e. The molecule has 0 bridgehead atoms. The zero-order valence-corrected chi connectivity index (χ0v) is 10.7. The summed E-state index contributed by atoms with van der Waals surface area (Å²) >= 11 is 0. The summed E-state index contributed by atoms with van der Waals surface area (Å²) in [5, 5.41) is 11.6. The minimum Gasteiger partial charge on any atom is -0.478 e. The van der Waals surface area contributed by atoms with E-state index in [1.54, 1.807) is 0 Å². The molecule has 0 radical (unpaired) electrons. The van der Waals surface area contributed by atoms with Gasteiger partial charge in [-0.2, -0.15) is 0 Å². The maximum atomic E-state index is 13.4. The highest BCUT2D eigenvalue weighted by Gasteiger charge is 2.13. The number of carboxylic acid groups (broad SMARTS) is 1. The number of nitrogens with two attached hydrogens (primary N) is 1. The fourth-order valence-electron chi connectivity index (χ4n) is 1.41. The number of hydrogen-bond donors (Lipinski definition) is 3. The van der Waals surface area contributed by atoms with Gasteiger partial charge >= 0.3 is 5.97 Å². The van der Waals surface area contributed by atoms with E-state index in [4.69, 9.17) is 15.6 Å². The number of halogens is 1. The number of aromatic carboxylic acids is 1. The number of hydrogen-bond acceptors (Lipinski definition) is 4. The summed E-state index contributed by atoms with van der Waals surface area (Å²) in [5.74, 6) is -2.17. The maximum absolute atomic E-state index is 13.4. The zero-order valence-electron chi connectivity index (χ0n) is 10.7. The van der Waals surface area contributed by atoms with Crippen LogP contribution in [0.15, 0.2) is 24.3 Å². The molecule has 0 heterocycles. The lowest BCUT2D eigenvalue weighted by molar-refractivity contribution is 0.0692. The van der Waals surface area contributed by atoms with Crippen LogP contribution >= 0.6 is 0 Å². The quantitative estimate of drug-likeness (QED) is 0.400. The second kappa shape index (κ2) is 6.75. The Hall–Kier alpha value is -2.08. The van der Waals surface area contributed by atoms with E-state index in [-0.39, 0.29) is 5.69 Å². The van der Waals surface area contributed by atoms with Crippen molar-refractivity contribution in [3.05, 3.63) is 35.7 Å². The van der Waals surface area contributed by atoms with E-state index in [0.29, 0.717) is 25.4 Å². The molecule has 0 unspecified atom stereocenters. The third kappa shape index (κ3) is 4.59. The van der Waals surface area contributed by atoms with Crippen LogP contribution < -0.4 is 11.1 Å². The fraction of sp³-hybridized carbons (Fsp3) is 0.308. The number of benzene rings is 1. The molecule has 1 aromatic rings. The van der Waals surface area contributed by atoms with Crippen molar-refractivity contribution in [1.82, 2.24) is 0 Å². The van der Waals surface area contributed by atoms with Crippen molar-refractivity contribution in [2.75, 3.05) is 30.8 Å². The minimum absolute atomic E-state index is 0.179. The maximum Gasteiger partial charge on any atom is 0.338 e. The summed E-state index contributed by atoms with van der Waals surface area (Å²) in [6.07, 6.45) is 0. The van der Waals surface area contributed by atoms with Crippen LogP contribution in [0.2, 0.25) is 0 Å². The number of anilines is 2. The Morgan fingerprint density at radius 1 is 1.58 bits per heavy atom. The van der Waals surface area contributed by atoms with Crippen molar-refractivity contribution in [3.63, 3.8) is 0 Å². The van der Waals surface area contributed by atoms with Gasteiger partial charge in [0.1, 0.15) is 5.82 Å². The Balaban J connectivity index is 2.57. The SMILES string of the molecule is C=C(C)COCCNc1cc(F)c(C(=O)O)cc1N. The van der Waals surface area contributed by atoms with Gasteiger partial charge in [0.15, 0.2) is 0 Å². The van der Waals surface area contributed by atoms with E-state index >= 15 is 0 Å². The standard InChI is InChI=1S/C13H17FN2O3/c1-8(2)7-19-4-3-16-12-6-10(14)9(13(17)18)5-11(12)15/h5-6,16H,1,3-4,7,15H2,2H3,(H,17,18). The van der Waals surface area contributed by atoms with E-state index in [9.17, 15) is 9.18 Å². The number of ether oxygens (including phenoxy) is 1. The molecule has 1 rings (SSSR count). The van der Waals surface area contributed by atoms with Crippen molar-refractivity contribution in [3.8, 4) is 0 Å². The minimum atomic E-state index is -1.35. The predicted molar refractivity (Wildman–Crippen MR) is 71.9 cm³/mol. The van der Waals surface area contributed by atoms with E-state index in [1.165, 1.54) is 0 Å². The average Bonchev–Trinajstić information content (AvgIpc) is 2.31. The molecule has 0 saturated heterocycles. The molecular weight excluding hydrogens is 251 g/mol. The number of carboxylic acids is 1. The predicted octanol–water partition coefficient (Wildman–Crippen LogP) is 2.11. The van der Waals surface area contributed by atoms with Crippen LogP contribution in [-0.2, 0) is 4.74 Å². The van der Waals surface area contributed by atoms with Crippen LogP contribution in [0.1, 0.15) is 17.3 Å². The lowest BCUT2D eigenvalue weighted by atomic mass is 10.1. The first-order chi connectivity index (χ1) is 8.91. The largest absolute Gasteiger partial charge is 0.478 e. The Morgan fingerprint density at radius 2 is 2.26 bits per heavy atom. The molecule has 0 aliphatic carbocycles. The molecule has 0 aromatic heterocycles. The summed E-state index contributed by atoms with van der Waals surface area (Å²) in [4.78, 5) is 10.7. The molecule has 0 fully saturated rings. The summed E-state index contributed by atoms with van der Waals surface area (Å²) in [6.45, 7) is 6.85. The highest BCUT2D eigenvalue weighted by Crippen LogP contribution is 2.22. The molecule has 19 heavy (non-hydrogen) atoms. The number of nitrogens with one attached hydrogen (secondary N) is 1. The van der Waals surface area contributed by atoms with Crippen molar-refractivity contribution >= 4 is 17.3 Å². The van der Waals surface area contributed by atoms with Crippen LogP contribution in [-0.4, -0.2) is 30.8 Å². The van der Waals surface area contributed by atoms with Crippen molar-refractivity contribution < 1.29 is 19.0 Å². The van der Waals surface area contributed by atoms with Crippen molar-refractivity contribution in [2.24, 2.45) is 0 Å². The lowest BCUT2D eigenvalue weighted by Gasteiger charge is -2.11. The van der Waals surface area contributed by atoms with Gasteiger partial charge in [-0.25, -0.2) is 9.18 Å². The number of nitrogen functional groups attached to an aromatic ring is 1. The molecular formula is C13H17FN2O3. The van der Waals surface area contributed by atoms with Gasteiger partial charge in [0.2, 0.25) is 0 Å². The first-order valence-corrected chi connectivity index (χ1v) is 5.70. The molecule has 0 aliphatic heterocycles. The Morgan fingerprint density at radius 3 is 2.84 bits per heavy atom. The molecule has 0 saturated carbocycles. The molecule has 4 N–H and O–H groups in total.